The maximum atomic E-state index is 9.66. The molecule has 0 saturated heterocycles. The summed E-state index contributed by atoms with van der Waals surface area (Å²) in [6.45, 7) is 6.17. The van der Waals surface area contributed by atoms with Gasteiger partial charge in [0.1, 0.15) is 0 Å². The smallest absolute Gasteiger partial charge is 0.0566 e. The van der Waals surface area contributed by atoms with Crippen LogP contribution in [0.4, 0.5) is 0 Å². The largest absolute Gasteiger partial charge is 0.393 e. The molecule has 0 spiro atoms. The molecule has 0 aromatic carbocycles. The van der Waals surface area contributed by atoms with Crippen molar-refractivity contribution in [3.05, 3.63) is 29.6 Å². The van der Waals surface area contributed by atoms with Crippen LogP contribution in [-0.2, 0) is 6.42 Å². The highest BCUT2D eigenvalue weighted by Crippen LogP contribution is 2.12. The van der Waals surface area contributed by atoms with Gasteiger partial charge in [-0.05, 0) is 42.9 Å². The Morgan fingerprint density at radius 1 is 1.43 bits per heavy atom. The summed E-state index contributed by atoms with van der Waals surface area (Å²) in [5.41, 5.74) is 2.50. The van der Waals surface area contributed by atoms with Crippen molar-refractivity contribution in [3.8, 4) is 0 Å². The van der Waals surface area contributed by atoms with Crippen molar-refractivity contribution < 1.29 is 5.11 Å². The average molecular weight is 193 g/mol. The van der Waals surface area contributed by atoms with E-state index in [1.807, 2.05) is 26.1 Å². The van der Waals surface area contributed by atoms with E-state index in [4.69, 9.17) is 0 Å². The van der Waals surface area contributed by atoms with Crippen molar-refractivity contribution in [3.63, 3.8) is 0 Å². The van der Waals surface area contributed by atoms with Gasteiger partial charge in [-0.15, -0.1) is 0 Å². The zero-order valence-electron chi connectivity index (χ0n) is 9.20. The van der Waals surface area contributed by atoms with E-state index in [1.54, 1.807) is 6.20 Å². The first-order valence-electron chi connectivity index (χ1n) is 5.19. The molecule has 0 aliphatic carbocycles. The molecule has 0 amide bonds. The fraction of sp³-hybridized carbons (Fsp3) is 0.583. The molecule has 0 saturated carbocycles. The molecule has 2 heteroatoms. The van der Waals surface area contributed by atoms with Gasteiger partial charge in [0.15, 0.2) is 0 Å². The van der Waals surface area contributed by atoms with Crippen LogP contribution in [0.25, 0.3) is 0 Å². The minimum absolute atomic E-state index is 0.199. The molecule has 1 atom stereocenters. The Morgan fingerprint density at radius 2 is 2.14 bits per heavy atom. The predicted octanol–water partition coefficient (Wildman–Crippen LogP) is 2.34. The second-order valence-corrected chi connectivity index (χ2v) is 4.15. The maximum Gasteiger partial charge on any atom is 0.0566 e. The molecule has 1 rings (SSSR count). The molecule has 1 heterocycles. The van der Waals surface area contributed by atoms with E-state index in [1.165, 1.54) is 11.1 Å². The number of aliphatic hydroxyl groups is 1. The number of pyridine rings is 1. The summed E-state index contributed by atoms with van der Waals surface area (Å²) in [4.78, 5) is 4.09. The Labute approximate surface area is 86.0 Å². The number of nitrogens with zero attached hydrogens (tertiary/aromatic N) is 1. The Morgan fingerprint density at radius 3 is 2.71 bits per heavy atom. The van der Waals surface area contributed by atoms with Crippen LogP contribution in [0.1, 0.15) is 31.4 Å². The molecular formula is C12H19NO. The van der Waals surface area contributed by atoms with E-state index in [2.05, 4.69) is 11.9 Å². The van der Waals surface area contributed by atoms with E-state index in [-0.39, 0.29) is 6.10 Å². The monoisotopic (exact) mass is 193 g/mol. The third-order valence-corrected chi connectivity index (χ3v) is 2.63. The molecule has 0 aliphatic heterocycles. The number of hydrogen-bond acceptors (Lipinski definition) is 2. The van der Waals surface area contributed by atoms with Crippen molar-refractivity contribution in [2.75, 3.05) is 0 Å². The lowest BCUT2D eigenvalue weighted by atomic mass is 9.98. The minimum atomic E-state index is -0.199. The summed E-state index contributed by atoms with van der Waals surface area (Å²) >= 11 is 0. The van der Waals surface area contributed by atoms with Gasteiger partial charge in [0.25, 0.3) is 0 Å². The van der Waals surface area contributed by atoms with Gasteiger partial charge in [0, 0.05) is 12.4 Å². The number of aliphatic hydroxyl groups excluding tert-OH is 1. The highest BCUT2D eigenvalue weighted by molar-refractivity contribution is 5.21. The fourth-order valence-electron chi connectivity index (χ4n) is 1.40. The van der Waals surface area contributed by atoms with Crippen molar-refractivity contribution in [1.82, 2.24) is 4.98 Å². The zero-order chi connectivity index (χ0) is 10.6. The van der Waals surface area contributed by atoms with Crippen LogP contribution < -0.4 is 0 Å². The third kappa shape index (κ3) is 3.11. The Hall–Kier alpha value is -0.890. The van der Waals surface area contributed by atoms with Gasteiger partial charge in [-0.25, -0.2) is 0 Å². The molecular weight excluding hydrogens is 174 g/mol. The molecule has 14 heavy (non-hydrogen) atoms. The van der Waals surface area contributed by atoms with Crippen LogP contribution in [0, 0.1) is 12.8 Å². The number of aromatic nitrogens is 1. The van der Waals surface area contributed by atoms with E-state index in [0.29, 0.717) is 5.92 Å². The van der Waals surface area contributed by atoms with Crippen LogP contribution in [0.3, 0.4) is 0 Å². The van der Waals surface area contributed by atoms with Crippen molar-refractivity contribution in [1.29, 1.82) is 0 Å². The van der Waals surface area contributed by atoms with Crippen LogP contribution in [0.2, 0.25) is 0 Å². The molecule has 2 nitrogen and oxygen atoms in total. The Kier molecular flexibility index (Phi) is 4.08. The van der Waals surface area contributed by atoms with E-state index < -0.39 is 0 Å². The maximum absolute atomic E-state index is 9.66. The molecule has 0 radical (unpaired) electrons. The molecule has 1 unspecified atom stereocenters. The summed E-state index contributed by atoms with van der Waals surface area (Å²) in [5.74, 6) is 0.340. The highest BCUT2D eigenvalue weighted by Gasteiger charge is 2.09. The van der Waals surface area contributed by atoms with E-state index in [9.17, 15) is 5.11 Å². The number of rotatable bonds is 4. The van der Waals surface area contributed by atoms with Gasteiger partial charge >= 0.3 is 0 Å². The van der Waals surface area contributed by atoms with Crippen molar-refractivity contribution >= 4 is 0 Å². The van der Waals surface area contributed by atoms with Crippen LogP contribution >= 0.6 is 0 Å². The lowest BCUT2D eigenvalue weighted by Crippen LogP contribution is -2.15. The fourth-order valence-corrected chi connectivity index (χ4v) is 1.40. The Balaban J connectivity index is 2.50. The molecule has 0 bridgehead atoms. The first kappa shape index (κ1) is 11.2. The molecule has 0 fully saturated rings. The van der Waals surface area contributed by atoms with Crippen LogP contribution in [-0.4, -0.2) is 16.2 Å². The predicted molar refractivity (Wildman–Crippen MR) is 58.1 cm³/mol. The van der Waals surface area contributed by atoms with E-state index in [0.717, 1.165) is 12.8 Å². The molecule has 1 aromatic rings. The summed E-state index contributed by atoms with van der Waals surface area (Å²) in [6, 6.07) is 2.01. The van der Waals surface area contributed by atoms with Crippen LogP contribution in [0.5, 0.6) is 0 Å². The molecule has 0 aliphatic rings. The van der Waals surface area contributed by atoms with Gasteiger partial charge < -0.3 is 5.11 Å². The normalized spacial score (nSPS) is 13.2. The molecule has 78 valence electrons. The minimum Gasteiger partial charge on any atom is -0.393 e. The third-order valence-electron chi connectivity index (χ3n) is 2.63. The van der Waals surface area contributed by atoms with Gasteiger partial charge in [-0.1, -0.05) is 13.8 Å². The zero-order valence-corrected chi connectivity index (χ0v) is 9.20. The quantitative estimate of drug-likeness (QED) is 0.796. The lowest BCUT2D eigenvalue weighted by Gasteiger charge is -2.14. The topological polar surface area (TPSA) is 33.1 Å². The second kappa shape index (κ2) is 5.11. The van der Waals surface area contributed by atoms with E-state index >= 15 is 0 Å². The summed E-state index contributed by atoms with van der Waals surface area (Å²) < 4.78 is 0. The average Bonchev–Trinajstić information content (AvgIpc) is 2.16. The first-order valence-corrected chi connectivity index (χ1v) is 5.19. The van der Waals surface area contributed by atoms with Gasteiger partial charge in [-0.2, -0.15) is 0 Å². The first-order chi connectivity index (χ1) is 6.61. The van der Waals surface area contributed by atoms with Gasteiger partial charge in [-0.3, -0.25) is 4.98 Å². The highest BCUT2D eigenvalue weighted by atomic mass is 16.3. The number of aryl methyl sites for hydroxylation is 2. The second-order valence-electron chi connectivity index (χ2n) is 4.15. The van der Waals surface area contributed by atoms with Gasteiger partial charge in [0.05, 0.1) is 6.10 Å². The molecule has 1 aromatic heterocycles. The van der Waals surface area contributed by atoms with Crippen molar-refractivity contribution in [2.45, 2.75) is 39.7 Å². The SMILES string of the molecule is Cc1ccncc1CCC(O)C(C)C. The van der Waals surface area contributed by atoms with Gasteiger partial charge in [0.2, 0.25) is 0 Å². The number of hydrogen-bond donors (Lipinski definition) is 1. The summed E-state index contributed by atoms with van der Waals surface area (Å²) in [5, 5.41) is 9.66. The van der Waals surface area contributed by atoms with Crippen molar-refractivity contribution in [2.24, 2.45) is 5.92 Å². The summed E-state index contributed by atoms with van der Waals surface area (Å²) in [7, 11) is 0. The summed E-state index contributed by atoms with van der Waals surface area (Å²) in [6.07, 6.45) is 5.23. The molecule has 1 N–H and O–H groups in total. The lowest BCUT2D eigenvalue weighted by molar-refractivity contribution is 0.116. The standard InChI is InChI=1S/C12H19NO/c1-9(2)12(14)5-4-11-8-13-7-6-10(11)3/h6-9,12,14H,4-5H2,1-3H3. The van der Waals surface area contributed by atoms with Crippen LogP contribution in [0.15, 0.2) is 18.5 Å². The Bertz CT molecular complexity index is 283.